The fraction of sp³-hybridized carbons (Fsp3) is 0.240. The Kier molecular flexibility index (Phi) is 7.76. The number of rotatable bonds is 8. The van der Waals surface area contributed by atoms with Crippen LogP contribution < -0.4 is 4.74 Å². The number of carbonyl (C=O) groups excluding carboxylic acids is 1. The number of hydrogen-bond acceptors (Lipinski definition) is 7. The Balaban J connectivity index is 1.58. The van der Waals surface area contributed by atoms with Crippen LogP contribution in [0.15, 0.2) is 40.8 Å². The van der Waals surface area contributed by atoms with Gasteiger partial charge in [-0.1, -0.05) is 29.3 Å². The summed E-state index contributed by atoms with van der Waals surface area (Å²) in [5.74, 6) is -0.723. The summed E-state index contributed by atoms with van der Waals surface area (Å²) in [5.41, 5.74) is 1.15. The highest BCUT2D eigenvalue weighted by atomic mass is 35.5. The first-order chi connectivity index (χ1) is 17.7. The van der Waals surface area contributed by atoms with E-state index in [0.29, 0.717) is 18.8 Å². The lowest BCUT2D eigenvalue weighted by Gasteiger charge is -2.16. The first kappa shape index (κ1) is 26.1. The third kappa shape index (κ3) is 5.58. The van der Waals surface area contributed by atoms with E-state index in [1.807, 2.05) is 19.9 Å². The van der Waals surface area contributed by atoms with Gasteiger partial charge < -0.3 is 14.1 Å². The molecular formula is C25H21Cl2FN6O3. The van der Waals surface area contributed by atoms with Gasteiger partial charge in [-0.05, 0) is 38.1 Å². The zero-order valence-corrected chi connectivity index (χ0v) is 21.6. The molecular weight excluding hydrogens is 522 g/mol. The first-order valence-corrected chi connectivity index (χ1v) is 12.0. The van der Waals surface area contributed by atoms with Crippen LogP contribution in [0.2, 0.25) is 10.0 Å². The number of hydrogen-bond donors (Lipinski definition) is 0. The lowest BCUT2D eigenvalue weighted by atomic mass is 10.1. The van der Waals surface area contributed by atoms with Gasteiger partial charge in [-0.2, -0.15) is 10.4 Å². The molecule has 190 valence electrons. The van der Waals surface area contributed by atoms with Crippen molar-refractivity contribution in [3.05, 3.63) is 75.0 Å². The fourth-order valence-electron chi connectivity index (χ4n) is 3.64. The summed E-state index contributed by atoms with van der Waals surface area (Å²) in [5, 5.41) is 21.8. The van der Waals surface area contributed by atoms with Gasteiger partial charge in [0.2, 0.25) is 5.89 Å². The molecule has 0 saturated carbocycles. The van der Waals surface area contributed by atoms with Crippen LogP contribution in [-0.2, 0) is 13.5 Å². The minimum atomic E-state index is -0.724. The molecule has 9 nitrogen and oxygen atoms in total. The second kappa shape index (κ2) is 11.0. The van der Waals surface area contributed by atoms with Crippen LogP contribution in [-0.4, -0.2) is 43.9 Å². The number of halogens is 3. The molecule has 2 aromatic heterocycles. The lowest BCUT2D eigenvalue weighted by Crippen LogP contribution is -2.30. The number of nitriles is 1. The number of benzene rings is 2. The molecule has 2 aromatic carbocycles. The number of ether oxygens (including phenoxy) is 1. The van der Waals surface area contributed by atoms with Gasteiger partial charge in [-0.15, -0.1) is 10.2 Å². The number of carbonyl (C=O) groups is 1. The summed E-state index contributed by atoms with van der Waals surface area (Å²) < 4.78 is 28.2. The molecule has 0 aliphatic rings. The number of aryl methyl sites for hydroxylation is 1. The van der Waals surface area contributed by atoms with E-state index in [0.717, 1.165) is 0 Å². The Bertz CT molecular complexity index is 1510. The second-order valence-electron chi connectivity index (χ2n) is 7.93. The van der Waals surface area contributed by atoms with Crippen molar-refractivity contribution >= 4 is 29.1 Å². The average Bonchev–Trinajstić information content (AvgIpc) is 3.50. The summed E-state index contributed by atoms with van der Waals surface area (Å²) in [6.45, 7) is 4.89. The predicted octanol–water partition coefficient (Wildman–Crippen LogP) is 5.65. The zero-order chi connectivity index (χ0) is 26.7. The maximum absolute atomic E-state index is 15.4. The van der Waals surface area contributed by atoms with Crippen LogP contribution >= 0.6 is 23.2 Å². The fourth-order valence-corrected chi connectivity index (χ4v) is 4.05. The molecule has 0 fully saturated rings. The van der Waals surface area contributed by atoms with Gasteiger partial charge in [0.1, 0.15) is 11.4 Å². The Hall–Kier alpha value is -3.94. The van der Waals surface area contributed by atoms with Gasteiger partial charge in [-0.3, -0.25) is 9.48 Å². The van der Waals surface area contributed by atoms with E-state index in [-0.39, 0.29) is 62.5 Å². The number of aromatic nitrogens is 4. The Morgan fingerprint density at radius 2 is 1.95 bits per heavy atom. The van der Waals surface area contributed by atoms with E-state index in [9.17, 15) is 4.79 Å². The summed E-state index contributed by atoms with van der Waals surface area (Å²) in [6, 6.07) is 10.8. The largest absolute Gasteiger partial charge is 0.453 e. The summed E-state index contributed by atoms with van der Waals surface area (Å²) >= 11 is 12.2. The van der Waals surface area contributed by atoms with E-state index >= 15 is 4.39 Å². The standard InChI is InChI=1S/C25H21Cl2FN6O3/c1-4-34(5-2)25(35)19-12-20(33(3)32-19)24-31-30-21(37-24)10-15-6-7-18(27)23(22(15)28)36-17-9-14(13-29)8-16(26)11-17/h6-9,11-12H,4-5,10H2,1-3H3. The topological polar surface area (TPSA) is 110 Å². The SMILES string of the molecule is CCN(CC)C(=O)c1cc(-c2nnc(Cc3ccc(Cl)c(Oc4cc(Cl)cc(C#N)c4)c3F)o2)n(C)n1. The van der Waals surface area contributed by atoms with Crippen molar-refractivity contribution < 1.29 is 18.3 Å². The Morgan fingerprint density at radius 1 is 1.19 bits per heavy atom. The van der Waals surface area contributed by atoms with Crippen LogP contribution in [0.4, 0.5) is 4.39 Å². The zero-order valence-electron chi connectivity index (χ0n) is 20.1. The number of nitrogens with zero attached hydrogens (tertiary/aromatic N) is 6. The summed E-state index contributed by atoms with van der Waals surface area (Å²) in [7, 11) is 1.66. The molecule has 0 N–H and O–H groups in total. The van der Waals surface area contributed by atoms with Gasteiger partial charge in [0.05, 0.1) is 23.1 Å². The molecule has 0 aliphatic heterocycles. The third-order valence-corrected chi connectivity index (χ3v) is 6.04. The van der Waals surface area contributed by atoms with Crippen LogP contribution in [0.3, 0.4) is 0 Å². The van der Waals surface area contributed by atoms with Crippen molar-refractivity contribution in [1.29, 1.82) is 5.26 Å². The first-order valence-electron chi connectivity index (χ1n) is 11.3. The molecule has 0 bridgehead atoms. The van der Waals surface area contributed by atoms with Crippen molar-refractivity contribution in [3.8, 4) is 29.2 Å². The molecule has 0 atom stereocenters. The van der Waals surface area contributed by atoms with Crippen LogP contribution in [0, 0.1) is 17.1 Å². The highest BCUT2D eigenvalue weighted by Crippen LogP contribution is 2.36. The molecule has 0 unspecified atom stereocenters. The number of amides is 1. The van der Waals surface area contributed by atoms with E-state index in [2.05, 4.69) is 15.3 Å². The molecule has 0 aliphatic carbocycles. The minimum Gasteiger partial charge on any atom is -0.453 e. The van der Waals surface area contributed by atoms with Crippen LogP contribution in [0.25, 0.3) is 11.6 Å². The molecule has 0 spiro atoms. The Labute approximate surface area is 222 Å². The smallest absolute Gasteiger partial charge is 0.274 e. The minimum absolute atomic E-state index is 0.0336. The highest BCUT2D eigenvalue weighted by molar-refractivity contribution is 6.32. The molecule has 37 heavy (non-hydrogen) atoms. The molecule has 4 rings (SSSR count). The molecule has 0 saturated heterocycles. The van der Waals surface area contributed by atoms with Gasteiger partial charge in [-0.25, -0.2) is 4.39 Å². The average molecular weight is 543 g/mol. The maximum Gasteiger partial charge on any atom is 0.274 e. The third-order valence-electron chi connectivity index (χ3n) is 5.53. The van der Waals surface area contributed by atoms with Crippen molar-refractivity contribution in [2.24, 2.45) is 7.05 Å². The van der Waals surface area contributed by atoms with Crippen LogP contribution in [0.1, 0.15) is 41.4 Å². The van der Waals surface area contributed by atoms with E-state index in [4.69, 9.17) is 37.6 Å². The molecule has 0 radical (unpaired) electrons. The molecule has 12 heteroatoms. The van der Waals surface area contributed by atoms with E-state index in [1.54, 1.807) is 18.0 Å². The molecule has 1 amide bonds. The van der Waals surface area contributed by atoms with Gasteiger partial charge >= 0.3 is 0 Å². The van der Waals surface area contributed by atoms with Crippen molar-refractivity contribution in [3.63, 3.8) is 0 Å². The maximum atomic E-state index is 15.4. The second-order valence-corrected chi connectivity index (χ2v) is 8.78. The quantitative estimate of drug-likeness (QED) is 0.282. The molecule has 2 heterocycles. The van der Waals surface area contributed by atoms with Gasteiger partial charge in [0.25, 0.3) is 11.8 Å². The van der Waals surface area contributed by atoms with Crippen molar-refractivity contribution in [2.45, 2.75) is 20.3 Å². The van der Waals surface area contributed by atoms with Crippen molar-refractivity contribution in [2.75, 3.05) is 13.1 Å². The van der Waals surface area contributed by atoms with E-state index in [1.165, 1.54) is 35.0 Å². The highest BCUT2D eigenvalue weighted by Gasteiger charge is 2.22. The van der Waals surface area contributed by atoms with Crippen LogP contribution in [0.5, 0.6) is 11.5 Å². The predicted molar refractivity (Wildman–Crippen MR) is 134 cm³/mol. The lowest BCUT2D eigenvalue weighted by molar-refractivity contribution is 0.0766. The van der Waals surface area contributed by atoms with Crippen molar-refractivity contribution in [1.82, 2.24) is 24.9 Å². The summed E-state index contributed by atoms with van der Waals surface area (Å²) in [4.78, 5) is 14.3. The summed E-state index contributed by atoms with van der Waals surface area (Å²) in [6.07, 6.45) is -0.0472. The van der Waals surface area contributed by atoms with Gasteiger partial charge in [0, 0.05) is 36.8 Å². The Morgan fingerprint density at radius 3 is 2.65 bits per heavy atom. The molecule has 4 aromatic rings. The van der Waals surface area contributed by atoms with Gasteiger partial charge in [0.15, 0.2) is 17.3 Å². The normalized spacial score (nSPS) is 10.8. The van der Waals surface area contributed by atoms with E-state index < -0.39 is 5.82 Å². The monoisotopic (exact) mass is 542 g/mol.